The molecule has 4 nitrogen and oxygen atoms in total. The molecule has 2 heterocycles. The minimum Gasteiger partial charge on any atom is -0.337 e. The molecule has 0 fully saturated rings. The van der Waals surface area contributed by atoms with Gasteiger partial charge in [-0.3, -0.25) is 0 Å². The Balaban J connectivity index is 2.38. The smallest absolute Gasteiger partial charge is 0.244 e. The molecule has 0 unspecified atom stereocenters. The number of pyridine rings is 1. The Kier molecular flexibility index (Phi) is 2.31. The first kappa shape index (κ1) is 10.5. The number of nitrogens with zero attached hydrogens (tertiary/aromatic N) is 3. The van der Waals surface area contributed by atoms with Crippen molar-refractivity contribution in [2.75, 3.05) is 5.32 Å². The highest BCUT2D eigenvalue weighted by Gasteiger charge is 2.15. The van der Waals surface area contributed by atoms with E-state index in [9.17, 15) is 0 Å². The van der Waals surface area contributed by atoms with Crippen LogP contribution in [0, 0.1) is 19.3 Å². The predicted octanol–water partition coefficient (Wildman–Crippen LogP) is 1.86. The van der Waals surface area contributed by atoms with Gasteiger partial charge in [0, 0.05) is 6.20 Å². The van der Waals surface area contributed by atoms with Crippen molar-refractivity contribution >= 4 is 11.6 Å². The molecule has 0 atom stereocenters. The van der Waals surface area contributed by atoms with Crippen molar-refractivity contribution in [1.82, 2.24) is 14.6 Å². The summed E-state index contributed by atoms with van der Waals surface area (Å²) in [5.41, 5.74) is 1.50. The van der Waals surface area contributed by atoms with Crippen LogP contribution in [-0.4, -0.2) is 20.1 Å². The largest absolute Gasteiger partial charge is 0.337 e. The van der Waals surface area contributed by atoms with Crippen LogP contribution < -0.4 is 5.32 Å². The summed E-state index contributed by atoms with van der Waals surface area (Å²) in [5, 5.41) is 7.40. The van der Waals surface area contributed by atoms with Gasteiger partial charge in [0.25, 0.3) is 0 Å². The minimum atomic E-state index is -0.444. The zero-order valence-electron chi connectivity index (χ0n) is 9.65. The summed E-state index contributed by atoms with van der Waals surface area (Å²) in [7, 11) is 0. The number of hydrogen-bond acceptors (Lipinski definition) is 3. The van der Waals surface area contributed by atoms with E-state index in [0.717, 1.165) is 11.2 Å². The quantitative estimate of drug-likeness (QED) is 0.776. The lowest BCUT2D eigenvalue weighted by Crippen LogP contribution is -2.29. The topological polar surface area (TPSA) is 42.2 Å². The van der Waals surface area contributed by atoms with Crippen molar-refractivity contribution in [1.29, 1.82) is 0 Å². The zero-order chi connectivity index (χ0) is 11.8. The molecule has 2 aromatic heterocycles. The van der Waals surface area contributed by atoms with Crippen LogP contribution in [0.1, 0.15) is 19.4 Å². The van der Waals surface area contributed by atoms with E-state index in [-0.39, 0.29) is 0 Å². The first-order valence-electron chi connectivity index (χ1n) is 5.09. The van der Waals surface area contributed by atoms with Crippen LogP contribution in [0.15, 0.2) is 18.3 Å². The molecule has 4 heteroatoms. The Morgan fingerprint density at radius 3 is 2.88 bits per heavy atom. The van der Waals surface area contributed by atoms with Crippen LogP contribution in [0.5, 0.6) is 0 Å². The van der Waals surface area contributed by atoms with Crippen LogP contribution in [0.4, 0.5) is 5.95 Å². The maximum atomic E-state index is 5.40. The summed E-state index contributed by atoms with van der Waals surface area (Å²) in [4.78, 5) is 4.33. The summed E-state index contributed by atoms with van der Waals surface area (Å²) < 4.78 is 1.74. The number of nitrogens with one attached hydrogen (secondary N) is 1. The van der Waals surface area contributed by atoms with Gasteiger partial charge in [-0.25, -0.2) is 4.52 Å². The second kappa shape index (κ2) is 3.53. The van der Waals surface area contributed by atoms with Crippen LogP contribution >= 0.6 is 0 Å². The number of aryl methyl sites for hydroxylation is 1. The van der Waals surface area contributed by atoms with E-state index in [0.29, 0.717) is 5.95 Å². The van der Waals surface area contributed by atoms with Crippen LogP contribution in [0.2, 0.25) is 0 Å². The summed E-state index contributed by atoms with van der Waals surface area (Å²) in [5.74, 6) is 3.19. The Hall–Kier alpha value is -2.02. The summed E-state index contributed by atoms with van der Waals surface area (Å²) in [6.07, 6.45) is 7.32. The van der Waals surface area contributed by atoms with Gasteiger partial charge in [-0.15, -0.1) is 11.5 Å². The highest BCUT2D eigenvalue weighted by Crippen LogP contribution is 2.12. The average Bonchev–Trinajstić information content (AvgIpc) is 2.58. The third kappa shape index (κ3) is 1.98. The third-order valence-corrected chi connectivity index (χ3v) is 2.26. The highest BCUT2D eigenvalue weighted by molar-refractivity contribution is 5.46. The number of terminal acetylenes is 1. The summed E-state index contributed by atoms with van der Waals surface area (Å²) >= 11 is 0. The predicted molar refractivity (Wildman–Crippen MR) is 64.3 cm³/mol. The molecular formula is C12H14N4. The lowest BCUT2D eigenvalue weighted by atomic mass is 10.1. The first-order chi connectivity index (χ1) is 7.50. The first-order valence-corrected chi connectivity index (χ1v) is 5.09. The van der Waals surface area contributed by atoms with E-state index in [2.05, 4.69) is 21.3 Å². The fourth-order valence-corrected chi connectivity index (χ4v) is 1.35. The monoisotopic (exact) mass is 214 g/mol. The molecule has 0 amide bonds. The van der Waals surface area contributed by atoms with Gasteiger partial charge in [0.15, 0.2) is 5.65 Å². The molecule has 0 aromatic carbocycles. The second-order valence-corrected chi connectivity index (χ2v) is 4.34. The Morgan fingerprint density at radius 1 is 1.44 bits per heavy atom. The van der Waals surface area contributed by atoms with E-state index in [1.165, 1.54) is 0 Å². The molecule has 0 aliphatic carbocycles. The second-order valence-electron chi connectivity index (χ2n) is 4.34. The third-order valence-electron chi connectivity index (χ3n) is 2.26. The normalized spacial score (nSPS) is 11.4. The van der Waals surface area contributed by atoms with Gasteiger partial charge >= 0.3 is 0 Å². The van der Waals surface area contributed by atoms with Gasteiger partial charge in [0.1, 0.15) is 0 Å². The Bertz CT molecular complexity index is 560. The van der Waals surface area contributed by atoms with Crippen LogP contribution in [-0.2, 0) is 0 Å². The van der Waals surface area contributed by atoms with Crippen molar-refractivity contribution in [3.8, 4) is 12.3 Å². The Labute approximate surface area is 94.7 Å². The standard InChI is InChI=1S/C12H14N4/c1-5-12(3,4)14-11-13-10-7-6-9(2)8-16(10)15-11/h1,6-8H,2-4H3,(H,14,15). The molecule has 0 bridgehead atoms. The maximum Gasteiger partial charge on any atom is 0.244 e. The van der Waals surface area contributed by atoms with Crippen molar-refractivity contribution < 1.29 is 0 Å². The van der Waals surface area contributed by atoms with Gasteiger partial charge in [0.05, 0.1) is 5.54 Å². The van der Waals surface area contributed by atoms with E-state index >= 15 is 0 Å². The molecule has 0 saturated heterocycles. The van der Waals surface area contributed by atoms with Crippen molar-refractivity contribution in [3.63, 3.8) is 0 Å². The highest BCUT2D eigenvalue weighted by atomic mass is 15.4. The molecule has 2 aromatic rings. The molecule has 1 N–H and O–H groups in total. The molecule has 0 radical (unpaired) electrons. The molecular weight excluding hydrogens is 200 g/mol. The van der Waals surface area contributed by atoms with Gasteiger partial charge in [0.2, 0.25) is 5.95 Å². The van der Waals surface area contributed by atoms with Crippen LogP contribution in [0.3, 0.4) is 0 Å². The molecule has 0 spiro atoms. The number of aromatic nitrogens is 3. The molecule has 82 valence electrons. The minimum absolute atomic E-state index is 0.444. The molecule has 0 aliphatic heterocycles. The lowest BCUT2D eigenvalue weighted by Gasteiger charge is -2.17. The van der Waals surface area contributed by atoms with E-state index < -0.39 is 5.54 Å². The number of anilines is 1. The van der Waals surface area contributed by atoms with Crippen molar-refractivity contribution in [3.05, 3.63) is 23.9 Å². The zero-order valence-corrected chi connectivity index (χ0v) is 9.65. The van der Waals surface area contributed by atoms with Gasteiger partial charge < -0.3 is 5.32 Å². The Morgan fingerprint density at radius 2 is 2.19 bits per heavy atom. The SMILES string of the molecule is C#CC(C)(C)Nc1nc2ccc(C)cn2n1. The van der Waals surface area contributed by atoms with Gasteiger partial charge in [-0.05, 0) is 32.4 Å². The van der Waals surface area contributed by atoms with E-state index in [1.54, 1.807) is 4.52 Å². The molecule has 0 saturated carbocycles. The van der Waals surface area contributed by atoms with Gasteiger partial charge in [-0.2, -0.15) is 4.98 Å². The van der Waals surface area contributed by atoms with E-state index in [4.69, 9.17) is 6.42 Å². The average molecular weight is 214 g/mol. The van der Waals surface area contributed by atoms with Crippen molar-refractivity contribution in [2.45, 2.75) is 26.3 Å². The number of fused-ring (bicyclic) bond motifs is 1. The molecule has 0 aliphatic rings. The van der Waals surface area contributed by atoms with E-state index in [1.807, 2.05) is 39.1 Å². The summed E-state index contributed by atoms with van der Waals surface area (Å²) in [6.45, 7) is 5.83. The number of hydrogen-bond donors (Lipinski definition) is 1. The van der Waals surface area contributed by atoms with Crippen LogP contribution in [0.25, 0.3) is 5.65 Å². The molecule has 16 heavy (non-hydrogen) atoms. The number of rotatable bonds is 2. The van der Waals surface area contributed by atoms with Gasteiger partial charge in [-0.1, -0.05) is 12.0 Å². The fourth-order valence-electron chi connectivity index (χ4n) is 1.35. The van der Waals surface area contributed by atoms with Crippen molar-refractivity contribution in [2.24, 2.45) is 0 Å². The summed E-state index contributed by atoms with van der Waals surface area (Å²) in [6, 6.07) is 3.93. The maximum absolute atomic E-state index is 5.40. The fraction of sp³-hybridized carbons (Fsp3) is 0.333. The molecule has 2 rings (SSSR count). The lowest BCUT2D eigenvalue weighted by molar-refractivity contribution is 0.727.